The monoisotopic (exact) mass is 352 g/mol. The minimum Gasteiger partial charge on any atom is -0.435 e. The summed E-state index contributed by atoms with van der Waals surface area (Å²) in [5.74, 6) is 0.895. The van der Waals surface area contributed by atoms with Crippen LogP contribution >= 0.6 is 22.6 Å². The summed E-state index contributed by atoms with van der Waals surface area (Å²) < 4.78 is 33.8. The number of nitrogens with two attached hydrogens (primary N) is 1. The molecule has 90 valence electrons. The molecule has 0 radical (unpaired) electrons. The van der Waals surface area contributed by atoms with Gasteiger partial charge in [0.25, 0.3) is 0 Å². The molecule has 1 heterocycles. The van der Waals surface area contributed by atoms with Crippen LogP contribution in [0.25, 0.3) is 11.3 Å². The van der Waals surface area contributed by atoms with Crippen LogP contribution in [0.5, 0.6) is 5.75 Å². The van der Waals surface area contributed by atoms with Crippen LogP contribution in [-0.4, -0.2) is 11.8 Å². The molecule has 0 fully saturated rings. The first-order chi connectivity index (χ1) is 8.08. The molecule has 0 unspecified atom stereocenters. The Morgan fingerprint density at radius 3 is 2.41 bits per heavy atom. The molecule has 0 bridgehead atoms. The van der Waals surface area contributed by atoms with Gasteiger partial charge in [0.15, 0.2) is 11.6 Å². The SMILES string of the molecule is Nc1noc(-c2ccc(OC(F)F)cc2)c1I. The zero-order valence-electron chi connectivity index (χ0n) is 8.36. The molecule has 17 heavy (non-hydrogen) atoms. The highest BCUT2D eigenvalue weighted by Crippen LogP contribution is 2.30. The van der Waals surface area contributed by atoms with Crippen LogP contribution in [0.3, 0.4) is 0 Å². The van der Waals surface area contributed by atoms with Gasteiger partial charge in [0.05, 0.1) is 0 Å². The highest BCUT2D eigenvalue weighted by molar-refractivity contribution is 14.1. The molecule has 4 nitrogen and oxygen atoms in total. The number of anilines is 1. The number of nitrogens with zero attached hydrogens (tertiary/aromatic N) is 1. The van der Waals surface area contributed by atoms with Crippen LogP contribution in [0.2, 0.25) is 0 Å². The molecule has 2 N–H and O–H groups in total. The summed E-state index contributed by atoms with van der Waals surface area (Å²) in [7, 11) is 0. The van der Waals surface area contributed by atoms with Crippen LogP contribution in [-0.2, 0) is 0 Å². The van der Waals surface area contributed by atoms with E-state index >= 15 is 0 Å². The standard InChI is InChI=1S/C10H7F2IN2O2/c11-10(12)16-6-3-1-5(2-4-6)8-7(13)9(14)15-17-8/h1-4,10H,(H2,14,15). The van der Waals surface area contributed by atoms with E-state index in [-0.39, 0.29) is 5.75 Å². The maximum Gasteiger partial charge on any atom is 0.387 e. The zero-order valence-corrected chi connectivity index (χ0v) is 10.5. The molecular formula is C10H7F2IN2O2. The van der Waals surface area contributed by atoms with Crippen LogP contribution in [0.15, 0.2) is 28.8 Å². The zero-order chi connectivity index (χ0) is 12.4. The van der Waals surface area contributed by atoms with Crippen molar-refractivity contribution in [2.75, 3.05) is 5.73 Å². The van der Waals surface area contributed by atoms with Gasteiger partial charge < -0.3 is 15.0 Å². The van der Waals surface area contributed by atoms with Crippen molar-refractivity contribution >= 4 is 28.4 Å². The number of hydrogen-bond donors (Lipinski definition) is 1. The van der Waals surface area contributed by atoms with Gasteiger partial charge in [-0.05, 0) is 46.9 Å². The first kappa shape index (κ1) is 12.1. The van der Waals surface area contributed by atoms with E-state index < -0.39 is 6.61 Å². The van der Waals surface area contributed by atoms with Crippen molar-refractivity contribution in [1.82, 2.24) is 5.16 Å². The summed E-state index contributed by atoms with van der Waals surface area (Å²) in [4.78, 5) is 0. The minimum absolute atomic E-state index is 0.0891. The molecule has 0 aliphatic carbocycles. The highest BCUT2D eigenvalue weighted by atomic mass is 127. The van der Waals surface area contributed by atoms with Gasteiger partial charge in [-0.2, -0.15) is 8.78 Å². The number of halogens is 3. The van der Waals surface area contributed by atoms with E-state index in [9.17, 15) is 8.78 Å². The number of nitrogen functional groups attached to an aromatic ring is 1. The van der Waals surface area contributed by atoms with Crippen molar-refractivity contribution in [3.8, 4) is 17.1 Å². The van der Waals surface area contributed by atoms with E-state index in [1.165, 1.54) is 12.1 Å². The number of ether oxygens (including phenoxy) is 1. The van der Waals surface area contributed by atoms with Crippen LogP contribution in [0, 0.1) is 3.57 Å². The lowest BCUT2D eigenvalue weighted by atomic mass is 10.2. The van der Waals surface area contributed by atoms with Gasteiger partial charge in [-0.25, -0.2) is 0 Å². The lowest BCUT2D eigenvalue weighted by Gasteiger charge is -2.04. The van der Waals surface area contributed by atoms with Gasteiger partial charge in [0.1, 0.15) is 9.32 Å². The first-order valence-corrected chi connectivity index (χ1v) is 5.61. The summed E-state index contributed by atoms with van der Waals surface area (Å²) >= 11 is 2.00. The minimum atomic E-state index is -2.83. The normalized spacial score (nSPS) is 10.8. The number of aromatic nitrogens is 1. The molecule has 0 atom stereocenters. The van der Waals surface area contributed by atoms with Gasteiger partial charge in [0.2, 0.25) is 0 Å². The Kier molecular flexibility index (Phi) is 3.46. The topological polar surface area (TPSA) is 61.3 Å². The Morgan fingerprint density at radius 2 is 1.94 bits per heavy atom. The molecular weight excluding hydrogens is 345 g/mol. The third-order valence-electron chi connectivity index (χ3n) is 2.00. The number of benzene rings is 1. The smallest absolute Gasteiger partial charge is 0.387 e. The second kappa shape index (κ2) is 4.86. The van der Waals surface area contributed by atoms with E-state index in [4.69, 9.17) is 10.3 Å². The van der Waals surface area contributed by atoms with Gasteiger partial charge in [-0.3, -0.25) is 0 Å². The average Bonchev–Trinajstić information content (AvgIpc) is 2.60. The van der Waals surface area contributed by atoms with Crippen molar-refractivity contribution in [3.63, 3.8) is 0 Å². The summed E-state index contributed by atoms with van der Waals surface area (Å²) in [5, 5.41) is 3.61. The van der Waals surface area contributed by atoms with Gasteiger partial charge in [-0.15, -0.1) is 0 Å². The van der Waals surface area contributed by atoms with Crippen molar-refractivity contribution < 1.29 is 18.0 Å². The highest BCUT2D eigenvalue weighted by Gasteiger charge is 2.13. The number of hydrogen-bond acceptors (Lipinski definition) is 4. The molecule has 0 saturated heterocycles. The number of rotatable bonds is 3. The van der Waals surface area contributed by atoms with Gasteiger partial charge in [0, 0.05) is 5.56 Å². The molecule has 0 aliphatic heterocycles. The van der Waals surface area contributed by atoms with E-state index in [0.29, 0.717) is 20.7 Å². The lowest BCUT2D eigenvalue weighted by molar-refractivity contribution is -0.0498. The lowest BCUT2D eigenvalue weighted by Crippen LogP contribution is -2.01. The first-order valence-electron chi connectivity index (χ1n) is 4.54. The molecule has 0 aliphatic rings. The maximum absolute atomic E-state index is 11.9. The predicted molar refractivity (Wildman–Crippen MR) is 65.7 cm³/mol. The largest absolute Gasteiger partial charge is 0.435 e. The van der Waals surface area contributed by atoms with Crippen LogP contribution < -0.4 is 10.5 Å². The molecule has 2 rings (SSSR count). The summed E-state index contributed by atoms with van der Waals surface area (Å²) in [6.07, 6.45) is 0. The van der Waals surface area contributed by atoms with Crippen molar-refractivity contribution in [3.05, 3.63) is 27.8 Å². The van der Waals surface area contributed by atoms with E-state index in [1.807, 2.05) is 22.6 Å². The van der Waals surface area contributed by atoms with Crippen molar-refractivity contribution in [1.29, 1.82) is 0 Å². The van der Waals surface area contributed by atoms with Crippen LogP contribution in [0.4, 0.5) is 14.6 Å². The molecule has 7 heteroatoms. The molecule has 0 saturated carbocycles. The fourth-order valence-electron chi connectivity index (χ4n) is 1.26. The fraction of sp³-hybridized carbons (Fsp3) is 0.100. The Morgan fingerprint density at radius 1 is 1.29 bits per heavy atom. The predicted octanol–water partition coefficient (Wildman–Crippen LogP) is 3.13. The second-order valence-corrected chi connectivity index (χ2v) is 4.19. The molecule has 1 aromatic carbocycles. The van der Waals surface area contributed by atoms with E-state index in [2.05, 4.69) is 9.89 Å². The summed E-state index contributed by atoms with van der Waals surface area (Å²) in [6.45, 7) is -2.83. The molecule has 1 aromatic heterocycles. The Balaban J connectivity index is 2.26. The Hall–Kier alpha value is -1.38. The number of alkyl halides is 2. The van der Waals surface area contributed by atoms with Crippen molar-refractivity contribution in [2.24, 2.45) is 0 Å². The Labute approximate surface area is 109 Å². The average molecular weight is 352 g/mol. The molecule has 0 amide bonds. The third-order valence-corrected chi connectivity index (χ3v) is 3.04. The third kappa shape index (κ3) is 2.65. The van der Waals surface area contributed by atoms with Crippen LogP contribution in [0.1, 0.15) is 0 Å². The van der Waals surface area contributed by atoms with E-state index in [1.54, 1.807) is 12.1 Å². The maximum atomic E-state index is 11.9. The van der Waals surface area contributed by atoms with Crippen molar-refractivity contribution in [2.45, 2.75) is 6.61 Å². The molecule has 0 spiro atoms. The summed E-state index contributed by atoms with van der Waals surface area (Å²) in [5.41, 5.74) is 6.23. The quantitative estimate of drug-likeness (QED) is 0.863. The Bertz CT molecular complexity index is 514. The van der Waals surface area contributed by atoms with Gasteiger partial charge >= 0.3 is 6.61 Å². The molecule has 2 aromatic rings. The summed E-state index contributed by atoms with van der Waals surface area (Å²) in [6, 6.07) is 6.05. The second-order valence-electron chi connectivity index (χ2n) is 3.11. The fourth-order valence-corrected chi connectivity index (χ4v) is 1.77. The van der Waals surface area contributed by atoms with E-state index in [0.717, 1.165) is 0 Å². The van der Waals surface area contributed by atoms with Gasteiger partial charge in [-0.1, -0.05) is 5.16 Å².